The number of benzene rings is 1. The van der Waals surface area contributed by atoms with Crippen molar-refractivity contribution in [2.75, 3.05) is 12.4 Å². The molecule has 3 N–H and O–H groups in total. The molecule has 0 heterocycles. The molecule has 1 aromatic rings. The Morgan fingerprint density at radius 2 is 2.00 bits per heavy atom. The first kappa shape index (κ1) is 11.3. The molecule has 0 aliphatic heterocycles. The number of halogens is 1. The van der Waals surface area contributed by atoms with Gasteiger partial charge in [-0.3, -0.25) is 0 Å². The molecule has 0 saturated heterocycles. The van der Waals surface area contributed by atoms with Crippen LogP contribution in [0.15, 0.2) is 24.3 Å². The van der Waals surface area contributed by atoms with Crippen LogP contribution >= 0.6 is 12.4 Å². The van der Waals surface area contributed by atoms with Gasteiger partial charge < -0.3 is 15.4 Å². The van der Waals surface area contributed by atoms with Gasteiger partial charge in [-0.05, 0) is 17.6 Å². The quantitative estimate of drug-likeness (QED) is 0.564. The Morgan fingerprint density at radius 1 is 1.33 bits per heavy atom. The maximum Gasteiger partial charge on any atom is 0.488 e. The number of hydrogen-bond donors (Lipinski definition) is 3. The first-order valence-electron chi connectivity index (χ1n) is 3.38. The van der Waals surface area contributed by atoms with Gasteiger partial charge in [0, 0.05) is 12.7 Å². The fourth-order valence-corrected chi connectivity index (χ4v) is 0.855. The van der Waals surface area contributed by atoms with E-state index in [2.05, 4.69) is 5.32 Å². The summed E-state index contributed by atoms with van der Waals surface area (Å²) < 4.78 is 0. The zero-order valence-electron chi connectivity index (χ0n) is 6.69. The van der Waals surface area contributed by atoms with Crippen LogP contribution in [-0.2, 0) is 0 Å². The van der Waals surface area contributed by atoms with Crippen molar-refractivity contribution in [1.82, 2.24) is 0 Å². The first-order chi connectivity index (χ1) is 5.24. The van der Waals surface area contributed by atoms with Gasteiger partial charge in [0.05, 0.1) is 0 Å². The summed E-state index contributed by atoms with van der Waals surface area (Å²) in [4.78, 5) is 0. The van der Waals surface area contributed by atoms with E-state index < -0.39 is 7.12 Å². The van der Waals surface area contributed by atoms with Gasteiger partial charge in [-0.15, -0.1) is 12.4 Å². The van der Waals surface area contributed by atoms with E-state index in [4.69, 9.17) is 10.0 Å². The summed E-state index contributed by atoms with van der Waals surface area (Å²) in [5.74, 6) is 0. The predicted octanol–water partition coefficient (Wildman–Crippen LogP) is -0.170. The van der Waals surface area contributed by atoms with Crippen LogP contribution in [0, 0.1) is 0 Å². The van der Waals surface area contributed by atoms with Crippen molar-refractivity contribution in [2.24, 2.45) is 0 Å². The topological polar surface area (TPSA) is 52.5 Å². The monoisotopic (exact) mass is 187 g/mol. The summed E-state index contributed by atoms with van der Waals surface area (Å²) in [6.45, 7) is 0. The van der Waals surface area contributed by atoms with E-state index in [0.29, 0.717) is 5.46 Å². The third-order valence-electron chi connectivity index (χ3n) is 1.47. The summed E-state index contributed by atoms with van der Waals surface area (Å²) in [6, 6.07) is 6.96. The molecule has 0 aliphatic rings. The molecule has 0 unspecified atom stereocenters. The Kier molecular flexibility index (Phi) is 4.74. The third kappa shape index (κ3) is 2.73. The fourth-order valence-electron chi connectivity index (χ4n) is 0.855. The summed E-state index contributed by atoms with van der Waals surface area (Å²) in [5, 5.41) is 20.4. The van der Waals surface area contributed by atoms with Gasteiger partial charge in [-0.2, -0.15) is 0 Å². The van der Waals surface area contributed by atoms with Crippen LogP contribution in [0.5, 0.6) is 0 Å². The molecule has 0 atom stereocenters. The molecule has 5 heteroatoms. The van der Waals surface area contributed by atoms with E-state index in [-0.39, 0.29) is 12.4 Å². The number of hydrogen-bond acceptors (Lipinski definition) is 3. The Bertz CT molecular complexity index is 245. The smallest absolute Gasteiger partial charge is 0.423 e. The third-order valence-corrected chi connectivity index (χ3v) is 1.47. The highest BCUT2D eigenvalue weighted by molar-refractivity contribution is 6.58. The minimum absolute atomic E-state index is 0. The molecule has 12 heavy (non-hydrogen) atoms. The molecule has 66 valence electrons. The second-order valence-corrected chi connectivity index (χ2v) is 2.25. The van der Waals surface area contributed by atoms with Crippen LogP contribution in [0.1, 0.15) is 0 Å². The lowest BCUT2D eigenvalue weighted by Crippen LogP contribution is -2.29. The highest BCUT2D eigenvalue weighted by Gasteiger charge is 2.09. The molecular weight excluding hydrogens is 176 g/mol. The Labute approximate surface area is 78.0 Å². The van der Waals surface area contributed by atoms with Gasteiger partial charge in [0.2, 0.25) is 0 Å². The second kappa shape index (κ2) is 5.03. The number of nitrogens with one attached hydrogen (secondary N) is 1. The Hall–Kier alpha value is -0.705. The molecule has 0 radical (unpaired) electrons. The zero-order chi connectivity index (χ0) is 8.27. The van der Waals surface area contributed by atoms with E-state index in [0.717, 1.165) is 5.69 Å². The van der Waals surface area contributed by atoms with E-state index in [9.17, 15) is 0 Å². The first-order valence-corrected chi connectivity index (χ1v) is 3.38. The molecule has 0 fully saturated rings. The summed E-state index contributed by atoms with van der Waals surface area (Å²) >= 11 is 0. The van der Waals surface area contributed by atoms with Crippen molar-refractivity contribution in [1.29, 1.82) is 0 Å². The zero-order valence-corrected chi connectivity index (χ0v) is 7.51. The molecule has 0 bridgehead atoms. The lowest BCUT2D eigenvalue weighted by Gasteiger charge is -2.02. The fraction of sp³-hybridized carbons (Fsp3) is 0.143. The SMILES string of the molecule is CNc1cccc(B(O)O)c1.Cl. The largest absolute Gasteiger partial charge is 0.488 e. The highest BCUT2D eigenvalue weighted by Crippen LogP contribution is 2.01. The predicted molar refractivity (Wildman–Crippen MR) is 53.1 cm³/mol. The Balaban J connectivity index is 0.00000121. The molecule has 0 amide bonds. The van der Waals surface area contributed by atoms with E-state index >= 15 is 0 Å². The van der Waals surface area contributed by atoms with Crippen molar-refractivity contribution in [3.8, 4) is 0 Å². The summed E-state index contributed by atoms with van der Waals surface area (Å²) in [5.41, 5.74) is 1.37. The molecule has 1 rings (SSSR count). The van der Waals surface area contributed by atoms with Crippen LogP contribution in [0.4, 0.5) is 5.69 Å². The minimum atomic E-state index is -1.39. The van der Waals surface area contributed by atoms with Crippen LogP contribution in [0.25, 0.3) is 0 Å². The average molecular weight is 187 g/mol. The van der Waals surface area contributed by atoms with Gasteiger partial charge in [0.1, 0.15) is 0 Å². The van der Waals surface area contributed by atoms with Crippen LogP contribution in [0.3, 0.4) is 0 Å². The standard InChI is InChI=1S/C7H10BNO2.ClH/c1-9-7-4-2-3-6(5-7)8(10)11;/h2-5,9-11H,1H3;1H. The van der Waals surface area contributed by atoms with Crippen molar-refractivity contribution < 1.29 is 10.0 Å². The number of anilines is 1. The van der Waals surface area contributed by atoms with Crippen molar-refractivity contribution in [3.05, 3.63) is 24.3 Å². The maximum atomic E-state index is 8.77. The lowest BCUT2D eigenvalue weighted by molar-refractivity contribution is 0.426. The maximum absolute atomic E-state index is 8.77. The van der Waals surface area contributed by atoms with Crippen molar-refractivity contribution >= 4 is 30.7 Å². The lowest BCUT2D eigenvalue weighted by atomic mass is 9.80. The molecule has 0 aliphatic carbocycles. The second-order valence-electron chi connectivity index (χ2n) is 2.25. The van der Waals surface area contributed by atoms with Crippen LogP contribution in [0.2, 0.25) is 0 Å². The summed E-state index contributed by atoms with van der Waals surface area (Å²) in [7, 11) is 0.395. The summed E-state index contributed by atoms with van der Waals surface area (Å²) in [6.07, 6.45) is 0. The van der Waals surface area contributed by atoms with Gasteiger partial charge in [0.15, 0.2) is 0 Å². The minimum Gasteiger partial charge on any atom is -0.423 e. The van der Waals surface area contributed by atoms with E-state index in [1.54, 1.807) is 25.2 Å². The highest BCUT2D eigenvalue weighted by atomic mass is 35.5. The Morgan fingerprint density at radius 3 is 2.50 bits per heavy atom. The van der Waals surface area contributed by atoms with E-state index in [1.165, 1.54) is 0 Å². The van der Waals surface area contributed by atoms with Crippen LogP contribution < -0.4 is 10.8 Å². The van der Waals surface area contributed by atoms with Gasteiger partial charge >= 0.3 is 7.12 Å². The van der Waals surface area contributed by atoms with Gasteiger partial charge in [0.25, 0.3) is 0 Å². The molecule has 1 aromatic carbocycles. The van der Waals surface area contributed by atoms with Crippen molar-refractivity contribution in [2.45, 2.75) is 0 Å². The normalized spacial score (nSPS) is 8.58. The van der Waals surface area contributed by atoms with Crippen LogP contribution in [-0.4, -0.2) is 24.2 Å². The van der Waals surface area contributed by atoms with Gasteiger partial charge in [-0.25, -0.2) is 0 Å². The molecule has 0 aromatic heterocycles. The molecule has 3 nitrogen and oxygen atoms in total. The van der Waals surface area contributed by atoms with E-state index in [1.807, 2.05) is 6.07 Å². The average Bonchev–Trinajstić information content (AvgIpc) is 2.05. The van der Waals surface area contributed by atoms with Crippen molar-refractivity contribution in [3.63, 3.8) is 0 Å². The number of rotatable bonds is 2. The molecule has 0 spiro atoms. The molecular formula is C7H11BClNO2. The van der Waals surface area contributed by atoms with Gasteiger partial charge in [-0.1, -0.05) is 12.1 Å². The molecule has 0 saturated carbocycles.